The molecule has 4 heteroatoms. The number of aliphatic hydroxyl groups is 1. The van der Waals surface area contributed by atoms with Crippen molar-refractivity contribution in [2.75, 3.05) is 7.05 Å². The average Bonchev–Trinajstić information content (AvgIpc) is 1.84. The van der Waals surface area contributed by atoms with E-state index in [0.717, 1.165) is 0 Å². The van der Waals surface area contributed by atoms with Crippen molar-refractivity contribution in [3.8, 4) is 0 Å². The van der Waals surface area contributed by atoms with Gasteiger partial charge in [-0.25, -0.2) is 4.79 Å². The Bertz CT molecular complexity index is 131. The Labute approximate surface area is 59.2 Å². The highest BCUT2D eigenvalue weighted by molar-refractivity contribution is 5.66. The van der Waals surface area contributed by atoms with Gasteiger partial charge in [0.15, 0.2) is 0 Å². The SMILES string of the molecule is CNC(=O)OC1CC(O)C1. The lowest BCUT2D eigenvalue weighted by atomic mass is 9.92. The fourth-order valence-corrected chi connectivity index (χ4v) is 0.844. The quantitative estimate of drug-likeness (QED) is 0.540. The average molecular weight is 145 g/mol. The molecule has 0 unspecified atom stereocenters. The van der Waals surface area contributed by atoms with Crippen molar-refractivity contribution in [1.29, 1.82) is 0 Å². The first-order chi connectivity index (χ1) is 4.72. The zero-order chi connectivity index (χ0) is 7.56. The predicted molar refractivity (Wildman–Crippen MR) is 34.6 cm³/mol. The molecule has 2 N–H and O–H groups in total. The fraction of sp³-hybridized carbons (Fsp3) is 0.833. The number of carbonyl (C=O) groups excluding carboxylic acids is 1. The van der Waals surface area contributed by atoms with Crippen LogP contribution in [-0.4, -0.2) is 30.5 Å². The molecule has 0 bridgehead atoms. The van der Waals surface area contributed by atoms with E-state index in [4.69, 9.17) is 9.84 Å². The summed E-state index contributed by atoms with van der Waals surface area (Å²) in [5.41, 5.74) is 0. The van der Waals surface area contributed by atoms with E-state index in [1.807, 2.05) is 0 Å². The van der Waals surface area contributed by atoms with Crippen LogP contribution >= 0.6 is 0 Å². The van der Waals surface area contributed by atoms with Crippen molar-refractivity contribution in [1.82, 2.24) is 5.32 Å². The third-order valence-corrected chi connectivity index (χ3v) is 1.55. The van der Waals surface area contributed by atoms with Crippen LogP contribution in [0.4, 0.5) is 4.79 Å². The van der Waals surface area contributed by atoms with Crippen LogP contribution in [0.1, 0.15) is 12.8 Å². The van der Waals surface area contributed by atoms with Crippen molar-refractivity contribution in [2.45, 2.75) is 25.0 Å². The minimum absolute atomic E-state index is 0.0741. The Balaban J connectivity index is 2.10. The van der Waals surface area contributed by atoms with E-state index in [-0.39, 0.29) is 12.2 Å². The van der Waals surface area contributed by atoms with Gasteiger partial charge in [0.25, 0.3) is 0 Å². The lowest BCUT2D eigenvalue weighted by Crippen LogP contribution is -2.38. The molecule has 4 nitrogen and oxygen atoms in total. The molecule has 0 aromatic heterocycles. The van der Waals surface area contributed by atoms with E-state index >= 15 is 0 Å². The Kier molecular flexibility index (Phi) is 2.11. The van der Waals surface area contributed by atoms with Crippen LogP contribution in [-0.2, 0) is 4.74 Å². The Morgan fingerprint density at radius 1 is 1.70 bits per heavy atom. The third kappa shape index (κ3) is 1.60. The lowest BCUT2D eigenvalue weighted by Gasteiger charge is -2.30. The molecule has 58 valence electrons. The van der Waals surface area contributed by atoms with Gasteiger partial charge in [-0.05, 0) is 0 Å². The second kappa shape index (κ2) is 2.88. The van der Waals surface area contributed by atoms with Crippen LogP contribution < -0.4 is 5.32 Å². The minimum atomic E-state index is -0.420. The molecule has 0 heterocycles. The van der Waals surface area contributed by atoms with E-state index in [2.05, 4.69) is 5.32 Å². The zero-order valence-electron chi connectivity index (χ0n) is 5.83. The number of alkyl carbamates (subject to hydrolysis) is 1. The van der Waals surface area contributed by atoms with Crippen molar-refractivity contribution < 1.29 is 14.6 Å². The number of hydrogen-bond donors (Lipinski definition) is 2. The molecule has 0 aromatic rings. The van der Waals surface area contributed by atoms with Gasteiger partial charge in [0.2, 0.25) is 0 Å². The monoisotopic (exact) mass is 145 g/mol. The highest BCUT2D eigenvalue weighted by Crippen LogP contribution is 2.22. The van der Waals surface area contributed by atoms with Crippen LogP contribution in [0.15, 0.2) is 0 Å². The van der Waals surface area contributed by atoms with Gasteiger partial charge < -0.3 is 15.2 Å². The van der Waals surface area contributed by atoms with E-state index in [1.54, 1.807) is 0 Å². The summed E-state index contributed by atoms with van der Waals surface area (Å²) in [4.78, 5) is 10.5. The number of hydrogen-bond acceptors (Lipinski definition) is 3. The molecule has 0 saturated heterocycles. The standard InChI is InChI=1S/C6H11NO3/c1-7-6(9)10-5-2-4(8)3-5/h4-5,8H,2-3H2,1H3,(H,7,9). The molecule has 0 radical (unpaired) electrons. The largest absolute Gasteiger partial charge is 0.446 e. The molecule has 1 fully saturated rings. The second-order valence-corrected chi connectivity index (χ2v) is 2.40. The molecule has 1 amide bonds. The normalized spacial score (nSPS) is 30.6. The number of rotatable bonds is 1. The molecular weight excluding hydrogens is 134 g/mol. The fourth-order valence-electron chi connectivity index (χ4n) is 0.844. The molecule has 1 saturated carbocycles. The molecule has 0 spiro atoms. The smallest absolute Gasteiger partial charge is 0.407 e. The van der Waals surface area contributed by atoms with E-state index in [0.29, 0.717) is 12.8 Å². The summed E-state index contributed by atoms with van der Waals surface area (Å²) >= 11 is 0. The van der Waals surface area contributed by atoms with Crippen molar-refractivity contribution in [2.24, 2.45) is 0 Å². The first kappa shape index (κ1) is 7.34. The predicted octanol–water partition coefficient (Wildman–Crippen LogP) is -0.134. The highest BCUT2D eigenvalue weighted by atomic mass is 16.6. The Hall–Kier alpha value is -0.770. The number of aliphatic hydroxyl groups excluding tert-OH is 1. The minimum Gasteiger partial charge on any atom is -0.446 e. The summed E-state index contributed by atoms with van der Waals surface area (Å²) in [6.07, 6.45) is 0.391. The van der Waals surface area contributed by atoms with Crippen LogP contribution in [0, 0.1) is 0 Å². The van der Waals surface area contributed by atoms with Crippen LogP contribution in [0.3, 0.4) is 0 Å². The number of carbonyl (C=O) groups is 1. The molecule has 1 rings (SSSR count). The first-order valence-electron chi connectivity index (χ1n) is 3.29. The summed E-state index contributed by atoms with van der Waals surface area (Å²) in [6.45, 7) is 0. The molecule has 10 heavy (non-hydrogen) atoms. The maximum absolute atomic E-state index is 10.5. The van der Waals surface area contributed by atoms with Crippen LogP contribution in [0.2, 0.25) is 0 Å². The van der Waals surface area contributed by atoms with Gasteiger partial charge in [-0.3, -0.25) is 0 Å². The van der Waals surface area contributed by atoms with Gasteiger partial charge in [-0.15, -0.1) is 0 Å². The summed E-state index contributed by atoms with van der Waals surface area (Å²) < 4.78 is 4.80. The maximum atomic E-state index is 10.5. The van der Waals surface area contributed by atoms with E-state index < -0.39 is 6.09 Å². The third-order valence-electron chi connectivity index (χ3n) is 1.55. The van der Waals surface area contributed by atoms with Gasteiger partial charge in [0.1, 0.15) is 6.10 Å². The summed E-state index contributed by atoms with van der Waals surface area (Å²) in [7, 11) is 1.51. The summed E-state index contributed by atoms with van der Waals surface area (Å²) in [6, 6.07) is 0. The first-order valence-corrected chi connectivity index (χ1v) is 3.29. The van der Waals surface area contributed by atoms with Gasteiger partial charge in [-0.2, -0.15) is 0 Å². The van der Waals surface area contributed by atoms with Gasteiger partial charge >= 0.3 is 6.09 Å². The Morgan fingerprint density at radius 3 is 2.70 bits per heavy atom. The molecule has 1 aliphatic carbocycles. The van der Waals surface area contributed by atoms with Gasteiger partial charge in [0.05, 0.1) is 6.10 Å². The van der Waals surface area contributed by atoms with Crippen LogP contribution in [0.5, 0.6) is 0 Å². The van der Waals surface area contributed by atoms with Crippen molar-refractivity contribution >= 4 is 6.09 Å². The summed E-state index contributed by atoms with van der Waals surface area (Å²) in [5.74, 6) is 0. The number of amides is 1. The zero-order valence-corrected chi connectivity index (χ0v) is 5.83. The second-order valence-electron chi connectivity index (χ2n) is 2.40. The molecule has 1 aliphatic rings. The van der Waals surface area contributed by atoms with Gasteiger partial charge in [-0.1, -0.05) is 0 Å². The van der Waals surface area contributed by atoms with Crippen molar-refractivity contribution in [3.63, 3.8) is 0 Å². The number of nitrogens with one attached hydrogen (secondary N) is 1. The van der Waals surface area contributed by atoms with E-state index in [9.17, 15) is 4.79 Å². The van der Waals surface area contributed by atoms with Gasteiger partial charge in [0, 0.05) is 19.9 Å². The van der Waals surface area contributed by atoms with Crippen LogP contribution in [0.25, 0.3) is 0 Å². The number of ether oxygens (including phenoxy) is 1. The molecule has 0 aliphatic heterocycles. The Morgan fingerprint density at radius 2 is 2.30 bits per heavy atom. The highest BCUT2D eigenvalue weighted by Gasteiger charge is 2.29. The molecule has 0 aromatic carbocycles. The maximum Gasteiger partial charge on any atom is 0.407 e. The topological polar surface area (TPSA) is 58.6 Å². The van der Waals surface area contributed by atoms with Crippen molar-refractivity contribution in [3.05, 3.63) is 0 Å². The summed E-state index contributed by atoms with van der Waals surface area (Å²) in [5, 5.41) is 11.1. The van der Waals surface area contributed by atoms with E-state index in [1.165, 1.54) is 7.05 Å². The molecule has 0 atom stereocenters. The lowest BCUT2D eigenvalue weighted by molar-refractivity contribution is -0.0343. The molecular formula is C6H11NO3.